The van der Waals surface area contributed by atoms with E-state index in [9.17, 15) is 13.2 Å². The molecule has 1 amide bonds. The van der Waals surface area contributed by atoms with Gasteiger partial charge in [-0.15, -0.1) is 0 Å². The van der Waals surface area contributed by atoms with Crippen molar-refractivity contribution in [1.29, 1.82) is 0 Å². The van der Waals surface area contributed by atoms with Crippen molar-refractivity contribution in [2.75, 3.05) is 23.3 Å². The highest BCUT2D eigenvalue weighted by atomic mass is 32.2. The zero-order chi connectivity index (χ0) is 18.9. The maximum Gasteiger partial charge on any atom is 0.262 e. The Morgan fingerprint density at radius 2 is 1.88 bits per heavy atom. The Hall–Kier alpha value is -2.54. The first-order valence-corrected chi connectivity index (χ1v) is 9.88. The molecule has 7 heteroatoms. The summed E-state index contributed by atoms with van der Waals surface area (Å²) in [6.07, 6.45) is 1.36. The molecule has 1 aliphatic rings. The SMILES string of the molecule is COc1ccc(C)cc1NS(=O)(=O)c1ccc(N2CCCC2=O)c(C)c1. The Balaban J connectivity index is 1.92. The molecule has 0 aromatic heterocycles. The Morgan fingerprint density at radius 3 is 2.50 bits per heavy atom. The number of carbonyl (C=O) groups is 1. The maximum absolute atomic E-state index is 12.8. The first-order valence-electron chi connectivity index (χ1n) is 8.40. The highest BCUT2D eigenvalue weighted by molar-refractivity contribution is 7.92. The van der Waals surface area contributed by atoms with Crippen LogP contribution in [0.25, 0.3) is 0 Å². The molecular weight excluding hydrogens is 352 g/mol. The summed E-state index contributed by atoms with van der Waals surface area (Å²) in [5.41, 5.74) is 2.82. The van der Waals surface area contributed by atoms with Gasteiger partial charge in [0.15, 0.2) is 0 Å². The van der Waals surface area contributed by atoms with Gasteiger partial charge in [0.1, 0.15) is 5.75 Å². The van der Waals surface area contributed by atoms with E-state index in [1.165, 1.54) is 13.2 Å². The van der Waals surface area contributed by atoms with Crippen molar-refractivity contribution in [1.82, 2.24) is 0 Å². The van der Waals surface area contributed by atoms with Crippen molar-refractivity contribution >= 4 is 27.3 Å². The molecule has 138 valence electrons. The van der Waals surface area contributed by atoms with Crippen molar-refractivity contribution < 1.29 is 17.9 Å². The van der Waals surface area contributed by atoms with Gasteiger partial charge in [-0.25, -0.2) is 8.42 Å². The number of sulfonamides is 1. The van der Waals surface area contributed by atoms with Crippen LogP contribution in [-0.4, -0.2) is 28.0 Å². The van der Waals surface area contributed by atoms with E-state index in [-0.39, 0.29) is 10.8 Å². The molecule has 0 spiro atoms. The number of rotatable bonds is 5. The van der Waals surface area contributed by atoms with Crippen LogP contribution in [0.3, 0.4) is 0 Å². The van der Waals surface area contributed by atoms with E-state index in [0.29, 0.717) is 24.4 Å². The van der Waals surface area contributed by atoms with Gasteiger partial charge in [0, 0.05) is 18.7 Å². The second-order valence-corrected chi connectivity index (χ2v) is 8.09. The number of nitrogens with zero attached hydrogens (tertiary/aromatic N) is 1. The molecule has 1 aliphatic heterocycles. The first-order chi connectivity index (χ1) is 12.3. The van der Waals surface area contributed by atoms with E-state index in [4.69, 9.17) is 4.74 Å². The lowest BCUT2D eigenvalue weighted by Crippen LogP contribution is -2.24. The van der Waals surface area contributed by atoms with Gasteiger partial charge in [0.25, 0.3) is 10.0 Å². The molecule has 0 unspecified atom stereocenters. The number of carbonyl (C=O) groups excluding carboxylic acids is 1. The molecule has 0 radical (unpaired) electrons. The van der Waals surface area contributed by atoms with Crippen molar-refractivity contribution in [3.05, 3.63) is 47.5 Å². The Labute approximate surface area is 153 Å². The van der Waals surface area contributed by atoms with Crippen LogP contribution in [0.1, 0.15) is 24.0 Å². The van der Waals surface area contributed by atoms with Crippen LogP contribution in [0, 0.1) is 13.8 Å². The van der Waals surface area contributed by atoms with E-state index >= 15 is 0 Å². The summed E-state index contributed by atoms with van der Waals surface area (Å²) in [6, 6.07) is 10.1. The highest BCUT2D eigenvalue weighted by Gasteiger charge is 2.24. The number of hydrogen-bond acceptors (Lipinski definition) is 4. The lowest BCUT2D eigenvalue weighted by atomic mass is 10.2. The predicted octanol–water partition coefficient (Wildman–Crippen LogP) is 3.24. The molecule has 1 fully saturated rings. The van der Waals surface area contributed by atoms with Crippen LogP contribution < -0.4 is 14.4 Å². The fraction of sp³-hybridized carbons (Fsp3) is 0.316. The molecular formula is C19H22N2O4S. The number of hydrogen-bond donors (Lipinski definition) is 1. The zero-order valence-electron chi connectivity index (χ0n) is 15.1. The summed E-state index contributed by atoms with van der Waals surface area (Å²) in [5.74, 6) is 0.529. The second-order valence-electron chi connectivity index (χ2n) is 6.41. The monoisotopic (exact) mass is 374 g/mol. The van der Waals surface area contributed by atoms with Gasteiger partial charge in [0.05, 0.1) is 17.7 Å². The highest BCUT2D eigenvalue weighted by Crippen LogP contribution is 2.30. The summed E-state index contributed by atoms with van der Waals surface area (Å²) in [6.45, 7) is 4.36. The molecule has 3 rings (SSSR count). The molecule has 0 aliphatic carbocycles. The molecule has 6 nitrogen and oxygen atoms in total. The average molecular weight is 374 g/mol. The van der Waals surface area contributed by atoms with Crippen LogP contribution in [0.2, 0.25) is 0 Å². The standard InChI is InChI=1S/C19H22N2O4S/c1-13-6-9-18(25-3)16(11-13)20-26(23,24)15-7-8-17(14(2)12-15)21-10-4-5-19(21)22/h6-9,11-12,20H,4-5,10H2,1-3H3. The first kappa shape index (κ1) is 18.3. The van der Waals surface area contributed by atoms with E-state index in [0.717, 1.165) is 23.2 Å². The third kappa shape index (κ3) is 3.53. The molecule has 2 aromatic rings. The Morgan fingerprint density at radius 1 is 1.12 bits per heavy atom. The number of nitrogens with one attached hydrogen (secondary N) is 1. The fourth-order valence-electron chi connectivity index (χ4n) is 3.11. The lowest BCUT2D eigenvalue weighted by molar-refractivity contribution is -0.117. The molecule has 26 heavy (non-hydrogen) atoms. The van der Waals surface area contributed by atoms with Gasteiger partial charge in [-0.1, -0.05) is 6.07 Å². The number of benzene rings is 2. The van der Waals surface area contributed by atoms with Crippen molar-refractivity contribution in [2.45, 2.75) is 31.6 Å². The van der Waals surface area contributed by atoms with Gasteiger partial charge in [-0.2, -0.15) is 0 Å². The maximum atomic E-state index is 12.8. The number of aryl methyl sites for hydroxylation is 2. The quantitative estimate of drug-likeness (QED) is 0.872. The number of methoxy groups -OCH3 is 1. The third-order valence-electron chi connectivity index (χ3n) is 4.44. The fourth-order valence-corrected chi connectivity index (χ4v) is 4.25. The van der Waals surface area contributed by atoms with Gasteiger partial charge >= 0.3 is 0 Å². The van der Waals surface area contributed by atoms with E-state index < -0.39 is 10.0 Å². The average Bonchev–Trinajstić information content (AvgIpc) is 3.00. The lowest BCUT2D eigenvalue weighted by Gasteiger charge is -2.19. The molecule has 1 N–H and O–H groups in total. The predicted molar refractivity (Wildman–Crippen MR) is 101 cm³/mol. The van der Waals surface area contributed by atoms with Gasteiger partial charge in [-0.05, 0) is 61.7 Å². The van der Waals surface area contributed by atoms with E-state index in [1.807, 2.05) is 19.9 Å². The van der Waals surface area contributed by atoms with Gasteiger partial charge in [-0.3, -0.25) is 9.52 Å². The summed E-state index contributed by atoms with van der Waals surface area (Å²) in [4.78, 5) is 13.8. The second kappa shape index (κ2) is 6.99. The Kier molecular flexibility index (Phi) is 4.91. The zero-order valence-corrected chi connectivity index (χ0v) is 15.9. The summed E-state index contributed by atoms with van der Waals surface area (Å²) >= 11 is 0. The third-order valence-corrected chi connectivity index (χ3v) is 5.81. The van der Waals surface area contributed by atoms with Crippen LogP contribution in [0.4, 0.5) is 11.4 Å². The van der Waals surface area contributed by atoms with Crippen LogP contribution >= 0.6 is 0 Å². The van der Waals surface area contributed by atoms with Gasteiger partial charge in [0.2, 0.25) is 5.91 Å². The smallest absolute Gasteiger partial charge is 0.262 e. The minimum atomic E-state index is -3.77. The molecule has 2 aromatic carbocycles. The summed E-state index contributed by atoms with van der Waals surface area (Å²) < 4.78 is 33.4. The van der Waals surface area contributed by atoms with Crippen molar-refractivity contribution in [3.63, 3.8) is 0 Å². The minimum Gasteiger partial charge on any atom is -0.495 e. The molecule has 1 heterocycles. The molecule has 0 saturated carbocycles. The summed E-state index contributed by atoms with van der Waals surface area (Å²) in [5, 5.41) is 0. The molecule has 0 bridgehead atoms. The number of ether oxygens (including phenoxy) is 1. The van der Waals surface area contributed by atoms with Gasteiger partial charge < -0.3 is 9.64 Å². The van der Waals surface area contributed by atoms with Crippen LogP contribution in [-0.2, 0) is 14.8 Å². The van der Waals surface area contributed by atoms with Crippen LogP contribution in [0.15, 0.2) is 41.3 Å². The number of anilines is 2. The molecule has 1 saturated heterocycles. The Bertz CT molecular complexity index is 954. The topological polar surface area (TPSA) is 75.7 Å². The van der Waals surface area contributed by atoms with E-state index in [2.05, 4.69) is 4.72 Å². The summed E-state index contributed by atoms with van der Waals surface area (Å²) in [7, 11) is -2.28. The minimum absolute atomic E-state index is 0.0753. The number of amides is 1. The van der Waals surface area contributed by atoms with E-state index in [1.54, 1.807) is 29.2 Å². The van der Waals surface area contributed by atoms with Crippen LogP contribution in [0.5, 0.6) is 5.75 Å². The molecule has 0 atom stereocenters. The normalized spacial score (nSPS) is 14.6. The largest absolute Gasteiger partial charge is 0.495 e. The van der Waals surface area contributed by atoms with Crippen molar-refractivity contribution in [2.24, 2.45) is 0 Å². The van der Waals surface area contributed by atoms with Crippen molar-refractivity contribution in [3.8, 4) is 5.75 Å².